The molecule has 1 amide bonds. The van der Waals surface area contributed by atoms with Crippen molar-refractivity contribution in [2.24, 2.45) is 0 Å². The third-order valence-electron chi connectivity index (χ3n) is 8.80. The van der Waals surface area contributed by atoms with E-state index in [4.69, 9.17) is 0 Å². The summed E-state index contributed by atoms with van der Waals surface area (Å²) in [6, 6.07) is 41.1. The predicted octanol–water partition coefficient (Wildman–Crippen LogP) is 8.12. The van der Waals surface area contributed by atoms with Gasteiger partial charge in [0.15, 0.2) is 0 Å². The van der Waals surface area contributed by atoms with Crippen LogP contribution >= 0.6 is 11.8 Å². The first kappa shape index (κ1) is 33.0. The molecule has 4 aromatic rings. The molecule has 45 heavy (non-hydrogen) atoms. The number of nitrogens with one attached hydrogen (secondary N) is 1. The van der Waals surface area contributed by atoms with Gasteiger partial charge in [0.05, 0.1) is 11.3 Å². The maximum Gasteiger partial charge on any atom is 0.234 e. The highest BCUT2D eigenvalue weighted by atomic mass is 32.2. The van der Waals surface area contributed by atoms with Gasteiger partial charge in [-0.15, -0.1) is 11.8 Å². The molecule has 236 valence electrons. The number of thioether (sulfide) groups is 1. The van der Waals surface area contributed by atoms with E-state index in [1.54, 1.807) is 0 Å². The lowest BCUT2D eigenvalue weighted by Gasteiger charge is -2.35. The van der Waals surface area contributed by atoms with Crippen LogP contribution in [0.25, 0.3) is 0 Å². The fourth-order valence-electron chi connectivity index (χ4n) is 6.59. The zero-order valence-electron chi connectivity index (χ0n) is 26.9. The van der Waals surface area contributed by atoms with Crippen molar-refractivity contribution < 1.29 is 4.79 Å². The van der Waals surface area contributed by atoms with E-state index < -0.39 is 0 Å². The Morgan fingerprint density at radius 3 is 1.76 bits per heavy atom. The standard InChI is InChI=1S/C40H49N3OS/c1-2-27-42(28-16-3-4-17-29-43-31-34-18-14-15-19-35(34)32-43)33-39(44)41-26-30-45-40(36-20-8-5-9-21-36,37-22-10-6-11-23-37)38-24-12-7-13-25-38/h5-15,18-25H,2-4,16-17,26-33H2,1H3,(H,41,44). The second-order valence-electron chi connectivity index (χ2n) is 12.1. The average molecular weight is 620 g/mol. The Morgan fingerprint density at radius 2 is 1.22 bits per heavy atom. The minimum Gasteiger partial charge on any atom is -0.354 e. The number of nitrogens with zero attached hydrogens (tertiary/aromatic N) is 2. The van der Waals surface area contributed by atoms with E-state index in [2.05, 4.69) is 137 Å². The number of amides is 1. The van der Waals surface area contributed by atoms with Crippen LogP contribution < -0.4 is 5.32 Å². The van der Waals surface area contributed by atoms with Crippen molar-refractivity contribution in [3.63, 3.8) is 0 Å². The molecule has 0 radical (unpaired) electrons. The van der Waals surface area contributed by atoms with Crippen LogP contribution in [0.4, 0.5) is 0 Å². The normalized spacial score (nSPS) is 13.2. The monoisotopic (exact) mass is 619 g/mol. The Bertz CT molecular complexity index is 1310. The average Bonchev–Trinajstić information content (AvgIpc) is 3.51. The molecule has 4 nitrogen and oxygen atoms in total. The van der Waals surface area contributed by atoms with Gasteiger partial charge in [0, 0.05) is 25.4 Å². The van der Waals surface area contributed by atoms with Crippen molar-refractivity contribution in [2.45, 2.75) is 56.9 Å². The number of carbonyl (C=O) groups is 1. The molecule has 0 aliphatic carbocycles. The molecule has 5 rings (SSSR count). The van der Waals surface area contributed by atoms with Gasteiger partial charge in [-0.05, 0) is 66.7 Å². The fourth-order valence-corrected chi connectivity index (χ4v) is 8.01. The number of fused-ring (bicyclic) bond motifs is 1. The maximum atomic E-state index is 13.1. The topological polar surface area (TPSA) is 35.6 Å². The lowest BCUT2D eigenvalue weighted by Crippen LogP contribution is -2.39. The van der Waals surface area contributed by atoms with Gasteiger partial charge in [-0.3, -0.25) is 14.6 Å². The molecular weight excluding hydrogens is 571 g/mol. The van der Waals surface area contributed by atoms with Crippen molar-refractivity contribution in [3.05, 3.63) is 143 Å². The summed E-state index contributed by atoms with van der Waals surface area (Å²) in [7, 11) is 0. The first-order valence-electron chi connectivity index (χ1n) is 16.8. The molecule has 0 saturated heterocycles. The van der Waals surface area contributed by atoms with Crippen molar-refractivity contribution in [2.75, 3.05) is 38.5 Å². The largest absolute Gasteiger partial charge is 0.354 e. The van der Waals surface area contributed by atoms with Crippen molar-refractivity contribution in [3.8, 4) is 0 Å². The summed E-state index contributed by atoms with van der Waals surface area (Å²) in [5.41, 5.74) is 6.73. The fraction of sp³-hybridized carbons (Fsp3) is 0.375. The lowest BCUT2D eigenvalue weighted by atomic mass is 9.84. The molecule has 1 aliphatic heterocycles. The number of carbonyl (C=O) groups excluding carboxylic acids is 1. The summed E-state index contributed by atoms with van der Waals surface area (Å²) in [6.45, 7) is 8.64. The molecule has 4 aromatic carbocycles. The van der Waals surface area contributed by atoms with Crippen LogP contribution in [0.15, 0.2) is 115 Å². The maximum absolute atomic E-state index is 13.1. The molecule has 0 aromatic heterocycles. The van der Waals surface area contributed by atoms with Crippen LogP contribution in [-0.2, 0) is 22.6 Å². The first-order valence-corrected chi connectivity index (χ1v) is 17.8. The molecule has 0 saturated carbocycles. The van der Waals surface area contributed by atoms with Gasteiger partial charge in [-0.1, -0.05) is 135 Å². The van der Waals surface area contributed by atoms with E-state index in [0.717, 1.165) is 44.8 Å². The summed E-state index contributed by atoms with van der Waals surface area (Å²) >= 11 is 1.89. The molecule has 0 unspecified atom stereocenters. The number of hydrogen-bond donors (Lipinski definition) is 1. The summed E-state index contributed by atoms with van der Waals surface area (Å²) < 4.78 is -0.360. The highest BCUT2D eigenvalue weighted by Gasteiger charge is 2.36. The second kappa shape index (κ2) is 17.4. The molecule has 5 heteroatoms. The number of hydrogen-bond acceptors (Lipinski definition) is 4. The van der Waals surface area contributed by atoms with E-state index in [-0.39, 0.29) is 10.7 Å². The van der Waals surface area contributed by atoms with Crippen molar-refractivity contribution in [1.29, 1.82) is 0 Å². The van der Waals surface area contributed by atoms with E-state index in [1.165, 1.54) is 53.6 Å². The summed E-state index contributed by atoms with van der Waals surface area (Å²) in [5.74, 6) is 0.933. The Morgan fingerprint density at radius 1 is 0.711 bits per heavy atom. The van der Waals surface area contributed by atoms with E-state index in [1.807, 2.05) is 11.8 Å². The van der Waals surface area contributed by atoms with E-state index >= 15 is 0 Å². The zero-order chi connectivity index (χ0) is 31.2. The van der Waals surface area contributed by atoms with Gasteiger partial charge in [0.2, 0.25) is 5.91 Å². The van der Waals surface area contributed by atoms with E-state index in [0.29, 0.717) is 13.1 Å². The number of benzene rings is 4. The number of rotatable bonds is 18. The van der Waals surface area contributed by atoms with Crippen LogP contribution in [0.5, 0.6) is 0 Å². The Hall–Kier alpha value is -3.38. The van der Waals surface area contributed by atoms with Gasteiger partial charge >= 0.3 is 0 Å². The molecule has 0 bridgehead atoms. The Kier molecular flexibility index (Phi) is 12.7. The van der Waals surface area contributed by atoms with Crippen molar-refractivity contribution >= 4 is 17.7 Å². The highest BCUT2D eigenvalue weighted by molar-refractivity contribution is 8.00. The van der Waals surface area contributed by atoms with Gasteiger partial charge in [-0.25, -0.2) is 0 Å². The van der Waals surface area contributed by atoms with Crippen LogP contribution in [0, 0.1) is 0 Å². The summed E-state index contributed by atoms with van der Waals surface area (Å²) in [4.78, 5) is 18.0. The quantitative estimate of drug-likeness (QED) is 0.0902. The first-order chi connectivity index (χ1) is 22.2. The zero-order valence-corrected chi connectivity index (χ0v) is 27.7. The van der Waals surface area contributed by atoms with Gasteiger partial charge in [-0.2, -0.15) is 0 Å². The molecular formula is C40H49N3OS. The lowest BCUT2D eigenvalue weighted by molar-refractivity contribution is -0.122. The van der Waals surface area contributed by atoms with Crippen LogP contribution in [-0.4, -0.2) is 54.2 Å². The smallest absolute Gasteiger partial charge is 0.234 e. The summed E-state index contributed by atoms with van der Waals surface area (Å²) in [6.07, 6.45) is 5.93. The minimum absolute atomic E-state index is 0.127. The molecule has 0 atom stereocenters. The predicted molar refractivity (Wildman–Crippen MR) is 190 cm³/mol. The Balaban J connectivity index is 1.08. The number of unbranched alkanes of at least 4 members (excludes halogenated alkanes) is 3. The second-order valence-corrected chi connectivity index (χ2v) is 13.5. The van der Waals surface area contributed by atoms with Crippen LogP contribution in [0.3, 0.4) is 0 Å². The van der Waals surface area contributed by atoms with Gasteiger partial charge in [0.1, 0.15) is 0 Å². The third-order valence-corrected chi connectivity index (χ3v) is 10.3. The molecule has 0 spiro atoms. The van der Waals surface area contributed by atoms with Crippen LogP contribution in [0.2, 0.25) is 0 Å². The Labute approximate surface area is 275 Å². The van der Waals surface area contributed by atoms with Gasteiger partial charge in [0.25, 0.3) is 0 Å². The van der Waals surface area contributed by atoms with Crippen molar-refractivity contribution in [1.82, 2.24) is 15.1 Å². The van der Waals surface area contributed by atoms with Gasteiger partial charge < -0.3 is 5.32 Å². The molecule has 1 aliphatic rings. The molecule has 1 N–H and O–H groups in total. The molecule has 1 heterocycles. The molecule has 0 fully saturated rings. The SMILES string of the molecule is CCCN(CCCCCCN1Cc2ccccc2C1)CC(=O)NCCSC(c1ccccc1)(c1ccccc1)c1ccccc1. The third kappa shape index (κ3) is 9.09. The van der Waals surface area contributed by atoms with E-state index in [9.17, 15) is 4.79 Å². The highest BCUT2D eigenvalue weighted by Crippen LogP contribution is 2.48. The minimum atomic E-state index is -0.360. The summed E-state index contributed by atoms with van der Waals surface area (Å²) in [5, 5.41) is 3.24. The van der Waals surface area contributed by atoms with Crippen LogP contribution in [0.1, 0.15) is 66.8 Å².